The van der Waals surface area contributed by atoms with Gasteiger partial charge in [0, 0.05) is 23.9 Å². The fourth-order valence-electron chi connectivity index (χ4n) is 2.04. The molecule has 1 amide bonds. The fraction of sp³-hybridized carbons (Fsp3) is 0.333. The maximum absolute atomic E-state index is 12.2. The zero-order chi connectivity index (χ0) is 15.4. The smallest absolute Gasteiger partial charge is 0.251 e. The van der Waals surface area contributed by atoms with Crippen molar-refractivity contribution < 1.29 is 9.90 Å². The van der Waals surface area contributed by atoms with Gasteiger partial charge < -0.3 is 10.4 Å². The highest BCUT2D eigenvalue weighted by molar-refractivity contribution is 6.32. The summed E-state index contributed by atoms with van der Waals surface area (Å²) in [5.41, 5.74) is 1.39. The number of benzene rings is 1. The molecular formula is C15H18ClN3O2. The summed E-state index contributed by atoms with van der Waals surface area (Å²) < 4.78 is 1.82. The first-order valence-electron chi connectivity index (χ1n) is 6.86. The number of phenolic OH excluding ortho intramolecular Hbond substituents is 1. The Morgan fingerprint density at radius 1 is 1.48 bits per heavy atom. The maximum atomic E-state index is 12.2. The molecule has 0 saturated carbocycles. The molecule has 6 heteroatoms. The average Bonchev–Trinajstić information content (AvgIpc) is 2.96. The van der Waals surface area contributed by atoms with Crippen molar-refractivity contribution in [3.8, 4) is 5.75 Å². The summed E-state index contributed by atoms with van der Waals surface area (Å²) in [6.07, 6.45) is 4.45. The Bertz CT molecular complexity index is 640. The SMILES string of the molecule is CCC(NC(=O)c1ccc(O)c(Cl)c1)c1cnn(CC)c1. The predicted molar refractivity (Wildman–Crippen MR) is 81.5 cm³/mol. The number of carbonyl (C=O) groups excluding carboxylic acids is 1. The summed E-state index contributed by atoms with van der Waals surface area (Å²) in [6.45, 7) is 4.80. The van der Waals surface area contributed by atoms with E-state index in [1.807, 2.05) is 24.7 Å². The number of carbonyl (C=O) groups is 1. The summed E-state index contributed by atoms with van der Waals surface area (Å²) in [5.74, 6) is -0.266. The third-order valence-electron chi connectivity index (χ3n) is 3.30. The lowest BCUT2D eigenvalue weighted by Gasteiger charge is -2.15. The van der Waals surface area contributed by atoms with Gasteiger partial charge in [-0.25, -0.2) is 0 Å². The molecule has 1 aromatic heterocycles. The second-order valence-electron chi connectivity index (χ2n) is 4.73. The van der Waals surface area contributed by atoms with Gasteiger partial charge in [-0.1, -0.05) is 18.5 Å². The van der Waals surface area contributed by atoms with E-state index in [9.17, 15) is 9.90 Å². The fourth-order valence-corrected chi connectivity index (χ4v) is 2.22. The Hall–Kier alpha value is -2.01. The van der Waals surface area contributed by atoms with Crippen molar-refractivity contribution in [2.45, 2.75) is 32.9 Å². The van der Waals surface area contributed by atoms with Gasteiger partial charge in [0.1, 0.15) is 5.75 Å². The first kappa shape index (κ1) is 15.4. The summed E-state index contributed by atoms with van der Waals surface area (Å²) >= 11 is 5.82. The van der Waals surface area contributed by atoms with Crippen LogP contribution in [0.15, 0.2) is 30.6 Å². The van der Waals surface area contributed by atoms with E-state index in [4.69, 9.17) is 11.6 Å². The van der Waals surface area contributed by atoms with Gasteiger partial charge in [-0.2, -0.15) is 5.10 Å². The van der Waals surface area contributed by atoms with Crippen LogP contribution >= 0.6 is 11.6 Å². The van der Waals surface area contributed by atoms with Crippen molar-refractivity contribution >= 4 is 17.5 Å². The zero-order valence-electron chi connectivity index (χ0n) is 12.0. The van der Waals surface area contributed by atoms with E-state index in [0.29, 0.717) is 5.56 Å². The van der Waals surface area contributed by atoms with E-state index >= 15 is 0 Å². The van der Waals surface area contributed by atoms with Crippen molar-refractivity contribution in [3.63, 3.8) is 0 Å². The Labute approximate surface area is 128 Å². The number of phenols is 1. The molecule has 0 radical (unpaired) electrons. The van der Waals surface area contributed by atoms with Crippen molar-refractivity contribution in [1.29, 1.82) is 0 Å². The van der Waals surface area contributed by atoms with Crippen LogP contribution in [0.25, 0.3) is 0 Å². The van der Waals surface area contributed by atoms with Gasteiger partial charge in [0.15, 0.2) is 0 Å². The number of nitrogens with zero attached hydrogens (tertiary/aromatic N) is 2. The minimum atomic E-state index is -0.229. The van der Waals surface area contributed by atoms with E-state index < -0.39 is 0 Å². The summed E-state index contributed by atoms with van der Waals surface area (Å²) in [5, 5.41) is 16.7. The van der Waals surface area contributed by atoms with Crippen molar-refractivity contribution in [2.24, 2.45) is 0 Å². The van der Waals surface area contributed by atoms with Gasteiger partial charge in [0.25, 0.3) is 5.91 Å². The van der Waals surface area contributed by atoms with Crippen LogP contribution in [0.2, 0.25) is 5.02 Å². The standard InChI is InChI=1S/C15H18ClN3O2/c1-3-13(11-8-17-19(4-2)9-11)18-15(21)10-5-6-14(20)12(16)7-10/h5-9,13,20H,3-4H2,1-2H3,(H,18,21). The molecular weight excluding hydrogens is 290 g/mol. The van der Waals surface area contributed by atoms with Crippen LogP contribution < -0.4 is 5.32 Å². The van der Waals surface area contributed by atoms with Crippen molar-refractivity contribution in [2.75, 3.05) is 0 Å². The molecule has 1 heterocycles. The van der Waals surface area contributed by atoms with Crippen LogP contribution in [-0.2, 0) is 6.54 Å². The Morgan fingerprint density at radius 2 is 2.24 bits per heavy atom. The Morgan fingerprint density at radius 3 is 2.81 bits per heavy atom. The molecule has 2 aromatic rings. The van der Waals surface area contributed by atoms with Gasteiger partial charge in [-0.3, -0.25) is 9.48 Å². The molecule has 1 unspecified atom stereocenters. The lowest BCUT2D eigenvalue weighted by Crippen LogP contribution is -2.27. The number of rotatable bonds is 5. The van der Waals surface area contributed by atoms with E-state index in [2.05, 4.69) is 10.4 Å². The normalized spacial score (nSPS) is 12.1. The van der Waals surface area contributed by atoms with Crippen molar-refractivity contribution in [3.05, 3.63) is 46.7 Å². The lowest BCUT2D eigenvalue weighted by atomic mass is 10.1. The van der Waals surface area contributed by atoms with Gasteiger partial charge in [0.05, 0.1) is 17.3 Å². The molecule has 0 aliphatic rings. The predicted octanol–water partition coefficient (Wildman–Crippen LogP) is 3.14. The van der Waals surface area contributed by atoms with Crippen LogP contribution in [0.3, 0.4) is 0 Å². The number of amides is 1. The summed E-state index contributed by atoms with van der Waals surface area (Å²) in [6, 6.07) is 4.30. The number of hydrogen-bond acceptors (Lipinski definition) is 3. The Kier molecular flexibility index (Phi) is 4.85. The number of aromatic nitrogens is 2. The number of halogens is 1. The molecule has 1 aromatic carbocycles. The second-order valence-corrected chi connectivity index (χ2v) is 5.14. The van der Waals surface area contributed by atoms with Gasteiger partial charge >= 0.3 is 0 Å². The Balaban J connectivity index is 2.13. The molecule has 2 N–H and O–H groups in total. The molecule has 1 atom stereocenters. The van der Waals surface area contributed by atoms with E-state index in [-0.39, 0.29) is 22.7 Å². The molecule has 0 spiro atoms. The van der Waals surface area contributed by atoms with E-state index in [1.165, 1.54) is 12.1 Å². The molecule has 112 valence electrons. The van der Waals surface area contributed by atoms with Crippen molar-refractivity contribution in [1.82, 2.24) is 15.1 Å². The number of aryl methyl sites for hydroxylation is 1. The summed E-state index contributed by atoms with van der Waals surface area (Å²) in [4.78, 5) is 12.2. The van der Waals surface area contributed by atoms with Crippen LogP contribution in [0.5, 0.6) is 5.75 Å². The third kappa shape index (κ3) is 3.55. The van der Waals surface area contributed by atoms with Crippen LogP contribution in [0.4, 0.5) is 0 Å². The first-order valence-corrected chi connectivity index (χ1v) is 7.24. The van der Waals surface area contributed by atoms with Crippen LogP contribution in [0, 0.1) is 0 Å². The molecule has 0 fully saturated rings. The lowest BCUT2D eigenvalue weighted by molar-refractivity contribution is 0.0935. The molecule has 0 saturated heterocycles. The van der Waals surface area contributed by atoms with Gasteiger partial charge in [-0.15, -0.1) is 0 Å². The maximum Gasteiger partial charge on any atom is 0.251 e. The largest absolute Gasteiger partial charge is 0.506 e. The third-order valence-corrected chi connectivity index (χ3v) is 3.61. The average molecular weight is 308 g/mol. The quantitative estimate of drug-likeness (QED) is 0.891. The number of aromatic hydroxyl groups is 1. The minimum absolute atomic E-state index is 0.0375. The molecule has 2 rings (SSSR count). The van der Waals surface area contributed by atoms with Crippen LogP contribution in [0.1, 0.15) is 42.2 Å². The first-order chi connectivity index (χ1) is 10.0. The minimum Gasteiger partial charge on any atom is -0.506 e. The second kappa shape index (κ2) is 6.63. The highest BCUT2D eigenvalue weighted by atomic mass is 35.5. The highest BCUT2D eigenvalue weighted by Crippen LogP contribution is 2.24. The monoisotopic (exact) mass is 307 g/mol. The molecule has 0 bridgehead atoms. The molecule has 5 nitrogen and oxygen atoms in total. The van der Waals surface area contributed by atoms with E-state index in [1.54, 1.807) is 12.3 Å². The number of nitrogens with one attached hydrogen (secondary N) is 1. The molecule has 0 aliphatic heterocycles. The summed E-state index contributed by atoms with van der Waals surface area (Å²) in [7, 11) is 0. The van der Waals surface area contributed by atoms with Gasteiger partial charge in [0.2, 0.25) is 0 Å². The molecule has 0 aliphatic carbocycles. The van der Waals surface area contributed by atoms with Crippen LogP contribution in [-0.4, -0.2) is 20.8 Å². The highest BCUT2D eigenvalue weighted by Gasteiger charge is 2.16. The molecule has 21 heavy (non-hydrogen) atoms. The van der Waals surface area contributed by atoms with Gasteiger partial charge in [-0.05, 0) is 31.5 Å². The number of hydrogen-bond donors (Lipinski definition) is 2. The van der Waals surface area contributed by atoms with E-state index in [0.717, 1.165) is 18.5 Å². The zero-order valence-corrected chi connectivity index (χ0v) is 12.8. The topological polar surface area (TPSA) is 67.2 Å².